The molecule has 1 rings (SSSR count). The molecule has 0 unspecified atom stereocenters. The van der Waals surface area contributed by atoms with Crippen LogP contribution >= 0.6 is 0 Å². The minimum Gasteiger partial charge on any atom is -0.384 e. The zero-order valence-corrected chi connectivity index (χ0v) is 13.7. The van der Waals surface area contributed by atoms with E-state index in [-0.39, 0.29) is 0 Å². The van der Waals surface area contributed by atoms with Crippen LogP contribution in [0.25, 0.3) is 0 Å². The Morgan fingerprint density at radius 2 is 1.81 bits per heavy atom. The SMILES string of the molecule is CCCNc1ccccc1S(=O)(=O)NCCCOCCC. The van der Waals surface area contributed by atoms with Gasteiger partial charge in [0.1, 0.15) is 4.90 Å². The lowest BCUT2D eigenvalue weighted by atomic mass is 10.3. The standard InChI is InChI=1S/C15H26N2O3S/c1-3-10-16-14-8-5-6-9-15(14)21(18,19)17-11-7-13-20-12-4-2/h5-6,8-9,16-17H,3-4,7,10-13H2,1-2H3. The van der Waals surface area contributed by atoms with Crippen molar-refractivity contribution in [2.75, 3.05) is 31.6 Å². The molecule has 0 aliphatic carbocycles. The Balaban J connectivity index is 2.57. The third-order valence-electron chi connectivity index (χ3n) is 2.85. The van der Waals surface area contributed by atoms with Gasteiger partial charge in [-0.3, -0.25) is 0 Å². The molecule has 0 fully saturated rings. The van der Waals surface area contributed by atoms with Gasteiger partial charge in [-0.1, -0.05) is 26.0 Å². The van der Waals surface area contributed by atoms with Crippen molar-refractivity contribution < 1.29 is 13.2 Å². The van der Waals surface area contributed by atoms with Crippen LogP contribution in [0.2, 0.25) is 0 Å². The molecule has 1 aromatic rings. The summed E-state index contributed by atoms with van der Waals surface area (Å²) in [6.45, 7) is 6.51. The van der Waals surface area contributed by atoms with E-state index in [2.05, 4.69) is 10.0 Å². The third kappa shape index (κ3) is 6.46. The lowest BCUT2D eigenvalue weighted by molar-refractivity contribution is 0.133. The Morgan fingerprint density at radius 3 is 2.52 bits per heavy atom. The van der Waals surface area contributed by atoms with Gasteiger partial charge in [0.25, 0.3) is 0 Å². The zero-order valence-electron chi connectivity index (χ0n) is 12.9. The smallest absolute Gasteiger partial charge is 0.242 e. The summed E-state index contributed by atoms with van der Waals surface area (Å²) in [6, 6.07) is 6.97. The molecule has 0 saturated carbocycles. The molecule has 0 radical (unpaired) electrons. The second kappa shape index (κ2) is 9.76. The number of para-hydroxylation sites is 1. The molecule has 0 aliphatic heterocycles. The molecule has 0 spiro atoms. The van der Waals surface area contributed by atoms with E-state index >= 15 is 0 Å². The largest absolute Gasteiger partial charge is 0.384 e. The van der Waals surface area contributed by atoms with Crippen LogP contribution in [0.5, 0.6) is 0 Å². The van der Waals surface area contributed by atoms with Crippen molar-refractivity contribution in [2.24, 2.45) is 0 Å². The molecule has 120 valence electrons. The van der Waals surface area contributed by atoms with Gasteiger partial charge in [0.15, 0.2) is 0 Å². The van der Waals surface area contributed by atoms with Crippen LogP contribution in [0.1, 0.15) is 33.1 Å². The number of benzene rings is 1. The van der Waals surface area contributed by atoms with Crippen LogP contribution in [0.15, 0.2) is 29.2 Å². The van der Waals surface area contributed by atoms with E-state index in [1.54, 1.807) is 18.2 Å². The highest BCUT2D eigenvalue weighted by Crippen LogP contribution is 2.20. The van der Waals surface area contributed by atoms with Crippen molar-refractivity contribution in [3.05, 3.63) is 24.3 Å². The van der Waals surface area contributed by atoms with Crippen LogP contribution < -0.4 is 10.0 Å². The third-order valence-corrected chi connectivity index (χ3v) is 4.37. The first-order valence-corrected chi connectivity index (χ1v) is 9.00. The summed E-state index contributed by atoms with van der Waals surface area (Å²) in [6.07, 6.45) is 2.59. The van der Waals surface area contributed by atoms with E-state index in [1.165, 1.54) is 0 Å². The van der Waals surface area contributed by atoms with Gasteiger partial charge in [-0.05, 0) is 31.4 Å². The Labute approximate surface area is 128 Å². The van der Waals surface area contributed by atoms with Crippen molar-refractivity contribution >= 4 is 15.7 Å². The number of nitrogens with one attached hydrogen (secondary N) is 2. The lowest BCUT2D eigenvalue weighted by Gasteiger charge is -2.12. The molecule has 21 heavy (non-hydrogen) atoms. The van der Waals surface area contributed by atoms with Gasteiger partial charge in [-0.25, -0.2) is 13.1 Å². The second-order valence-electron chi connectivity index (χ2n) is 4.79. The molecular weight excluding hydrogens is 288 g/mol. The highest BCUT2D eigenvalue weighted by atomic mass is 32.2. The summed E-state index contributed by atoms with van der Waals surface area (Å²) in [7, 11) is -3.48. The molecule has 1 aromatic carbocycles. The number of hydrogen-bond acceptors (Lipinski definition) is 4. The highest BCUT2D eigenvalue weighted by molar-refractivity contribution is 7.89. The fraction of sp³-hybridized carbons (Fsp3) is 0.600. The normalized spacial score (nSPS) is 11.5. The van der Waals surface area contributed by atoms with Gasteiger partial charge in [-0.15, -0.1) is 0 Å². The molecular formula is C15H26N2O3S. The fourth-order valence-corrected chi connectivity index (χ4v) is 3.07. The average Bonchev–Trinajstić information content (AvgIpc) is 2.49. The molecule has 0 saturated heterocycles. The molecule has 5 nitrogen and oxygen atoms in total. The van der Waals surface area contributed by atoms with Crippen molar-refractivity contribution in [3.8, 4) is 0 Å². The van der Waals surface area contributed by atoms with Gasteiger partial charge in [0.2, 0.25) is 10.0 Å². The molecule has 6 heteroatoms. The van der Waals surface area contributed by atoms with Crippen LogP contribution in [0, 0.1) is 0 Å². The number of ether oxygens (including phenoxy) is 1. The van der Waals surface area contributed by atoms with E-state index in [4.69, 9.17) is 4.74 Å². The Bertz CT molecular complexity index is 503. The summed E-state index contributed by atoms with van der Waals surface area (Å²) in [5.41, 5.74) is 0.647. The summed E-state index contributed by atoms with van der Waals surface area (Å²) in [5.74, 6) is 0. The maximum Gasteiger partial charge on any atom is 0.242 e. The van der Waals surface area contributed by atoms with E-state index in [0.29, 0.717) is 30.2 Å². The molecule has 2 N–H and O–H groups in total. The molecule has 0 bridgehead atoms. The van der Waals surface area contributed by atoms with Gasteiger partial charge in [0, 0.05) is 26.3 Å². The van der Waals surface area contributed by atoms with Crippen LogP contribution in [-0.2, 0) is 14.8 Å². The molecule has 0 atom stereocenters. The first-order valence-electron chi connectivity index (χ1n) is 7.52. The van der Waals surface area contributed by atoms with Crippen molar-refractivity contribution in [3.63, 3.8) is 0 Å². The minimum atomic E-state index is -3.48. The van der Waals surface area contributed by atoms with Crippen molar-refractivity contribution in [1.82, 2.24) is 4.72 Å². The van der Waals surface area contributed by atoms with E-state index in [0.717, 1.165) is 26.0 Å². The van der Waals surface area contributed by atoms with E-state index < -0.39 is 10.0 Å². The number of rotatable bonds is 11. The molecule has 0 amide bonds. The predicted molar refractivity (Wildman–Crippen MR) is 86.1 cm³/mol. The Kier molecular flexibility index (Phi) is 8.34. The predicted octanol–water partition coefficient (Wildman–Crippen LogP) is 2.60. The second-order valence-corrected chi connectivity index (χ2v) is 6.52. The van der Waals surface area contributed by atoms with Crippen LogP contribution in [0.3, 0.4) is 0 Å². The van der Waals surface area contributed by atoms with E-state index in [1.807, 2.05) is 19.9 Å². The van der Waals surface area contributed by atoms with Crippen molar-refractivity contribution in [1.29, 1.82) is 0 Å². The number of anilines is 1. The summed E-state index contributed by atoms with van der Waals surface area (Å²) in [5, 5.41) is 3.14. The zero-order chi connectivity index (χ0) is 15.6. The Hall–Kier alpha value is -1.11. The first-order chi connectivity index (χ1) is 10.1. The van der Waals surface area contributed by atoms with Gasteiger partial charge in [0.05, 0.1) is 5.69 Å². The molecule has 0 aromatic heterocycles. The monoisotopic (exact) mass is 314 g/mol. The summed E-state index contributed by atoms with van der Waals surface area (Å²) in [4.78, 5) is 0.299. The highest BCUT2D eigenvalue weighted by Gasteiger charge is 2.17. The summed E-state index contributed by atoms with van der Waals surface area (Å²) >= 11 is 0. The Morgan fingerprint density at radius 1 is 1.05 bits per heavy atom. The number of hydrogen-bond donors (Lipinski definition) is 2. The van der Waals surface area contributed by atoms with Crippen molar-refractivity contribution in [2.45, 2.75) is 38.0 Å². The van der Waals surface area contributed by atoms with Crippen LogP contribution in [0.4, 0.5) is 5.69 Å². The molecule has 0 aliphatic rings. The lowest BCUT2D eigenvalue weighted by Crippen LogP contribution is -2.26. The van der Waals surface area contributed by atoms with Gasteiger partial charge in [-0.2, -0.15) is 0 Å². The average molecular weight is 314 g/mol. The quantitative estimate of drug-likeness (QED) is 0.616. The van der Waals surface area contributed by atoms with E-state index in [9.17, 15) is 8.42 Å². The number of sulfonamides is 1. The maximum absolute atomic E-state index is 12.3. The first kappa shape index (κ1) is 17.9. The molecule has 0 heterocycles. The van der Waals surface area contributed by atoms with Gasteiger partial charge >= 0.3 is 0 Å². The summed E-state index contributed by atoms with van der Waals surface area (Å²) < 4.78 is 32.6. The maximum atomic E-state index is 12.3. The van der Waals surface area contributed by atoms with Gasteiger partial charge < -0.3 is 10.1 Å². The fourth-order valence-electron chi connectivity index (χ4n) is 1.81. The minimum absolute atomic E-state index is 0.299. The topological polar surface area (TPSA) is 67.4 Å². The van der Waals surface area contributed by atoms with Crippen LogP contribution in [-0.4, -0.2) is 34.7 Å².